The van der Waals surface area contributed by atoms with Crippen molar-refractivity contribution in [3.8, 4) is 0 Å². The number of benzene rings is 1. The van der Waals surface area contributed by atoms with E-state index in [1.165, 1.54) is 17.0 Å². The zero-order chi connectivity index (χ0) is 20.9. The number of carbonyl (C=O) groups excluding carboxylic acids is 1. The number of nitrogens with zero attached hydrogens (tertiary/aromatic N) is 7. The van der Waals surface area contributed by atoms with E-state index in [-0.39, 0.29) is 12.2 Å². The lowest BCUT2D eigenvalue weighted by Crippen LogP contribution is -2.49. The van der Waals surface area contributed by atoms with Gasteiger partial charge in [0, 0.05) is 24.6 Å². The highest BCUT2D eigenvalue weighted by Gasteiger charge is 2.43. The van der Waals surface area contributed by atoms with Crippen molar-refractivity contribution in [2.24, 2.45) is 0 Å². The summed E-state index contributed by atoms with van der Waals surface area (Å²) in [5.41, 5.74) is 2.42. The van der Waals surface area contributed by atoms with Gasteiger partial charge in [-0.1, -0.05) is 12.1 Å². The Bertz CT molecular complexity index is 1270. The van der Waals surface area contributed by atoms with E-state index in [1.807, 2.05) is 6.07 Å². The van der Waals surface area contributed by atoms with E-state index in [0.29, 0.717) is 28.2 Å². The van der Waals surface area contributed by atoms with Crippen molar-refractivity contribution in [3.63, 3.8) is 0 Å². The molecule has 4 aromatic rings. The van der Waals surface area contributed by atoms with Crippen molar-refractivity contribution in [1.29, 1.82) is 0 Å². The van der Waals surface area contributed by atoms with Crippen LogP contribution in [0.5, 0.6) is 0 Å². The Kier molecular flexibility index (Phi) is 4.16. The molecule has 0 spiro atoms. The standard InChI is InChI=1S/C20H17F2N7O/c1-12-6-17(29-19(26-12)24-11-25-29)13-7-20(21,22)10-28(9-13)18(30)16-8-23-14-4-2-3-5-15(14)27-16/h2-6,8,11,13H,7,9-10H2,1H3. The maximum Gasteiger partial charge on any atom is 0.274 e. The van der Waals surface area contributed by atoms with Gasteiger partial charge in [0.05, 0.1) is 29.5 Å². The molecule has 0 N–H and O–H groups in total. The molecule has 0 saturated carbocycles. The summed E-state index contributed by atoms with van der Waals surface area (Å²) in [5, 5.41) is 4.12. The van der Waals surface area contributed by atoms with E-state index in [9.17, 15) is 13.6 Å². The molecular formula is C20H17F2N7O. The molecule has 0 bridgehead atoms. The molecule has 1 aliphatic rings. The highest BCUT2D eigenvalue weighted by Crippen LogP contribution is 2.36. The predicted molar refractivity (Wildman–Crippen MR) is 103 cm³/mol. The van der Waals surface area contributed by atoms with E-state index >= 15 is 0 Å². The number of hydrogen-bond donors (Lipinski definition) is 0. The summed E-state index contributed by atoms with van der Waals surface area (Å²) in [5.74, 6) is -3.90. The Morgan fingerprint density at radius 3 is 2.80 bits per heavy atom. The van der Waals surface area contributed by atoms with Gasteiger partial charge >= 0.3 is 0 Å². The van der Waals surface area contributed by atoms with Crippen molar-refractivity contribution < 1.29 is 13.6 Å². The number of likely N-dealkylation sites (tertiary alicyclic amines) is 1. The fraction of sp³-hybridized carbons (Fsp3) is 0.300. The summed E-state index contributed by atoms with van der Waals surface area (Å²) < 4.78 is 30.8. The van der Waals surface area contributed by atoms with Crippen LogP contribution in [0.4, 0.5) is 8.78 Å². The van der Waals surface area contributed by atoms with Crippen LogP contribution in [0.3, 0.4) is 0 Å². The molecule has 1 fully saturated rings. The summed E-state index contributed by atoms with van der Waals surface area (Å²) in [4.78, 5) is 31.0. The third-order valence-corrected chi connectivity index (χ3v) is 5.19. The first-order chi connectivity index (χ1) is 14.4. The summed E-state index contributed by atoms with van der Waals surface area (Å²) >= 11 is 0. The van der Waals surface area contributed by atoms with Gasteiger partial charge in [-0.15, -0.1) is 0 Å². The smallest absolute Gasteiger partial charge is 0.274 e. The van der Waals surface area contributed by atoms with E-state index in [1.54, 1.807) is 31.2 Å². The molecule has 1 aliphatic heterocycles. The number of rotatable bonds is 2. The van der Waals surface area contributed by atoms with Crippen molar-refractivity contribution in [3.05, 3.63) is 59.9 Å². The van der Waals surface area contributed by atoms with Gasteiger partial charge in [0.1, 0.15) is 12.0 Å². The lowest BCUT2D eigenvalue weighted by atomic mass is 9.91. The Balaban J connectivity index is 1.50. The van der Waals surface area contributed by atoms with Gasteiger partial charge in [-0.3, -0.25) is 9.78 Å². The first-order valence-electron chi connectivity index (χ1n) is 9.46. The summed E-state index contributed by atoms with van der Waals surface area (Å²) in [6.07, 6.45) is 2.27. The minimum atomic E-state index is -3.05. The number of aromatic nitrogens is 6. The molecule has 4 heterocycles. The van der Waals surface area contributed by atoms with Gasteiger partial charge in [-0.2, -0.15) is 10.1 Å². The van der Waals surface area contributed by atoms with Crippen LogP contribution in [0.25, 0.3) is 16.8 Å². The van der Waals surface area contributed by atoms with Gasteiger partial charge in [-0.05, 0) is 25.1 Å². The minimum Gasteiger partial charge on any atom is -0.331 e. The maximum absolute atomic E-state index is 14.7. The van der Waals surface area contributed by atoms with Crippen molar-refractivity contribution in [2.75, 3.05) is 13.1 Å². The Morgan fingerprint density at radius 1 is 1.17 bits per heavy atom. The van der Waals surface area contributed by atoms with Crippen LogP contribution in [-0.4, -0.2) is 59.4 Å². The third kappa shape index (κ3) is 3.23. The molecular weight excluding hydrogens is 392 g/mol. The molecule has 1 atom stereocenters. The average molecular weight is 409 g/mol. The van der Waals surface area contributed by atoms with Crippen molar-refractivity contribution in [1.82, 2.24) is 34.4 Å². The van der Waals surface area contributed by atoms with Gasteiger partial charge in [0.25, 0.3) is 17.6 Å². The summed E-state index contributed by atoms with van der Waals surface area (Å²) in [6.45, 7) is 1.22. The lowest BCUT2D eigenvalue weighted by molar-refractivity contribution is -0.0642. The van der Waals surface area contributed by atoms with E-state index in [0.717, 1.165) is 4.90 Å². The number of halogens is 2. The summed E-state index contributed by atoms with van der Waals surface area (Å²) in [7, 11) is 0. The zero-order valence-corrected chi connectivity index (χ0v) is 16.0. The first-order valence-corrected chi connectivity index (χ1v) is 9.46. The number of piperidine rings is 1. The van der Waals surface area contributed by atoms with Crippen LogP contribution in [0.15, 0.2) is 42.9 Å². The van der Waals surface area contributed by atoms with Gasteiger partial charge in [-0.25, -0.2) is 23.3 Å². The molecule has 1 unspecified atom stereocenters. The average Bonchev–Trinajstić information content (AvgIpc) is 3.19. The predicted octanol–water partition coefficient (Wildman–Crippen LogP) is 2.64. The topological polar surface area (TPSA) is 89.2 Å². The second kappa shape index (κ2) is 6.75. The Morgan fingerprint density at radius 2 is 1.97 bits per heavy atom. The first kappa shape index (κ1) is 18.5. The molecule has 152 valence electrons. The normalized spacial score (nSPS) is 18.8. The third-order valence-electron chi connectivity index (χ3n) is 5.19. The van der Waals surface area contributed by atoms with Crippen LogP contribution in [-0.2, 0) is 0 Å². The molecule has 8 nitrogen and oxygen atoms in total. The van der Waals surface area contributed by atoms with Crippen LogP contribution < -0.4 is 0 Å². The van der Waals surface area contributed by atoms with E-state index in [2.05, 4.69) is 25.0 Å². The van der Waals surface area contributed by atoms with Crippen LogP contribution in [0, 0.1) is 6.92 Å². The largest absolute Gasteiger partial charge is 0.331 e. The fourth-order valence-electron chi connectivity index (χ4n) is 3.92. The molecule has 0 aliphatic carbocycles. The fourth-order valence-corrected chi connectivity index (χ4v) is 3.92. The monoisotopic (exact) mass is 409 g/mol. The molecule has 5 rings (SSSR count). The van der Waals surface area contributed by atoms with Gasteiger partial charge in [0.2, 0.25) is 0 Å². The SMILES string of the molecule is Cc1cc(C2CN(C(=O)c3cnc4ccccc4n3)CC(F)(F)C2)n2ncnc2n1. The number of carbonyl (C=O) groups is 1. The molecule has 3 aromatic heterocycles. The second-order valence-corrected chi connectivity index (χ2v) is 7.48. The quantitative estimate of drug-likeness (QED) is 0.506. The van der Waals surface area contributed by atoms with E-state index < -0.39 is 30.7 Å². The number of hydrogen-bond acceptors (Lipinski definition) is 6. The van der Waals surface area contributed by atoms with Crippen molar-refractivity contribution >= 4 is 22.7 Å². The molecule has 0 radical (unpaired) electrons. The minimum absolute atomic E-state index is 0.0435. The number of amides is 1. The van der Waals surface area contributed by atoms with Crippen LogP contribution >= 0.6 is 0 Å². The zero-order valence-electron chi connectivity index (χ0n) is 16.0. The maximum atomic E-state index is 14.7. The molecule has 10 heteroatoms. The van der Waals surface area contributed by atoms with Crippen molar-refractivity contribution in [2.45, 2.75) is 25.2 Å². The Labute approximate surface area is 169 Å². The van der Waals surface area contributed by atoms with Gasteiger partial charge in [0.15, 0.2) is 0 Å². The second-order valence-electron chi connectivity index (χ2n) is 7.48. The van der Waals surface area contributed by atoms with Crippen LogP contribution in [0.2, 0.25) is 0 Å². The van der Waals surface area contributed by atoms with E-state index in [4.69, 9.17) is 0 Å². The Hall–Kier alpha value is -3.56. The lowest BCUT2D eigenvalue weighted by Gasteiger charge is -2.37. The molecule has 1 aromatic carbocycles. The molecule has 1 amide bonds. The van der Waals surface area contributed by atoms with Crippen LogP contribution in [0.1, 0.15) is 34.2 Å². The highest BCUT2D eigenvalue weighted by molar-refractivity contribution is 5.94. The highest BCUT2D eigenvalue weighted by atomic mass is 19.3. The number of aryl methyl sites for hydroxylation is 1. The molecule has 1 saturated heterocycles. The molecule has 30 heavy (non-hydrogen) atoms. The number of fused-ring (bicyclic) bond motifs is 2. The summed E-state index contributed by atoms with van der Waals surface area (Å²) in [6, 6.07) is 8.82. The van der Waals surface area contributed by atoms with Gasteiger partial charge < -0.3 is 4.90 Å². The number of alkyl halides is 2. The number of para-hydroxylation sites is 2.